The minimum absolute atomic E-state index is 0.201. The number of rotatable bonds is 4. The average molecular weight is 319 g/mol. The second-order valence-electron chi connectivity index (χ2n) is 6.04. The van der Waals surface area contributed by atoms with Crippen LogP contribution in [-0.4, -0.2) is 14.1 Å². The van der Waals surface area contributed by atoms with Crippen molar-refractivity contribution < 1.29 is 4.39 Å². The number of aromatic nitrogens is 3. The number of halogens is 1. The SMILES string of the molecule is CC(c1cn(Cc2ccc(F)cc2)c2ccccc12)n1ccnc1. The van der Waals surface area contributed by atoms with Crippen LogP contribution in [0.2, 0.25) is 0 Å². The highest BCUT2D eigenvalue weighted by atomic mass is 19.1. The molecule has 0 fully saturated rings. The standard InChI is InChI=1S/C20H18FN3/c1-15(23-11-10-22-14-23)19-13-24(20-5-3-2-4-18(19)20)12-16-6-8-17(21)9-7-16/h2-11,13-15H,12H2,1H3. The topological polar surface area (TPSA) is 22.8 Å². The molecule has 2 aromatic carbocycles. The van der Waals surface area contributed by atoms with Crippen LogP contribution in [0.1, 0.15) is 24.1 Å². The van der Waals surface area contributed by atoms with Gasteiger partial charge in [-0.3, -0.25) is 0 Å². The molecule has 0 bridgehead atoms. The van der Waals surface area contributed by atoms with Crippen molar-refractivity contribution in [3.63, 3.8) is 0 Å². The van der Waals surface area contributed by atoms with Crippen molar-refractivity contribution in [2.45, 2.75) is 19.5 Å². The van der Waals surface area contributed by atoms with Gasteiger partial charge in [-0.05, 0) is 30.7 Å². The summed E-state index contributed by atoms with van der Waals surface area (Å²) >= 11 is 0. The summed E-state index contributed by atoms with van der Waals surface area (Å²) in [6.45, 7) is 2.89. The zero-order valence-electron chi connectivity index (χ0n) is 13.4. The van der Waals surface area contributed by atoms with Gasteiger partial charge in [0.25, 0.3) is 0 Å². The number of benzene rings is 2. The van der Waals surface area contributed by atoms with Gasteiger partial charge in [0.05, 0.1) is 12.4 Å². The number of fused-ring (bicyclic) bond motifs is 1. The average Bonchev–Trinajstić information content (AvgIpc) is 3.25. The van der Waals surface area contributed by atoms with E-state index >= 15 is 0 Å². The van der Waals surface area contributed by atoms with Crippen LogP contribution in [0.5, 0.6) is 0 Å². The summed E-state index contributed by atoms with van der Waals surface area (Å²) in [6, 6.07) is 15.3. The van der Waals surface area contributed by atoms with E-state index in [1.165, 1.54) is 28.6 Å². The van der Waals surface area contributed by atoms with E-state index in [0.717, 1.165) is 12.1 Å². The Kier molecular flexibility index (Phi) is 3.65. The van der Waals surface area contributed by atoms with Crippen molar-refractivity contribution in [1.29, 1.82) is 0 Å². The Morgan fingerprint density at radius 1 is 1.08 bits per heavy atom. The lowest BCUT2D eigenvalue weighted by molar-refractivity contribution is 0.626. The molecular formula is C20H18FN3. The van der Waals surface area contributed by atoms with Crippen molar-refractivity contribution >= 4 is 10.9 Å². The second kappa shape index (κ2) is 5.96. The number of imidazole rings is 1. The fourth-order valence-corrected chi connectivity index (χ4v) is 3.18. The molecule has 1 atom stereocenters. The van der Waals surface area contributed by atoms with Crippen molar-refractivity contribution in [2.75, 3.05) is 0 Å². The highest BCUT2D eigenvalue weighted by Crippen LogP contribution is 2.29. The molecule has 0 N–H and O–H groups in total. The zero-order chi connectivity index (χ0) is 16.5. The van der Waals surface area contributed by atoms with Crippen LogP contribution < -0.4 is 0 Å². The van der Waals surface area contributed by atoms with Gasteiger partial charge in [-0.1, -0.05) is 30.3 Å². The molecule has 2 aromatic heterocycles. The monoisotopic (exact) mass is 319 g/mol. The van der Waals surface area contributed by atoms with Crippen molar-refractivity contribution in [1.82, 2.24) is 14.1 Å². The highest BCUT2D eigenvalue weighted by Gasteiger charge is 2.15. The van der Waals surface area contributed by atoms with Gasteiger partial charge >= 0.3 is 0 Å². The zero-order valence-corrected chi connectivity index (χ0v) is 13.4. The van der Waals surface area contributed by atoms with Gasteiger partial charge in [-0.15, -0.1) is 0 Å². The molecule has 0 radical (unpaired) electrons. The smallest absolute Gasteiger partial charge is 0.123 e. The largest absolute Gasteiger partial charge is 0.343 e. The van der Waals surface area contributed by atoms with E-state index in [-0.39, 0.29) is 11.9 Å². The van der Waals surface area contributed by atoms with Crippen LogP contribution >= 0.6 is 0 Å². The predicted molar refractivity (Wildman–Crippen MR) is 93.5 cm³/mol. The van der Waals surface area contributed by atoms with Crippen LogP contribution in [0, 0.1) is 5.82 Å². The lowest BCUT2D eigenvalue weighted by atomic mass is 10.1. The molecule has 1 unspecified atom stereocenters. The molecule has 4 aromatic rings. The maximum atomic E-state index is 13.1. The molecule has 0 amide bonds. The quantitative estimate of drug-likeness (QED) is 0.537. The number of hydrogen-bond acceptors (Lipinski definition) is 1. The number of nitrogens with zero attached hydrogens (tertiary/aromatic N) is 3. The first-order valence-electron chi connectivity index (χ1n) is 8.02. The molecule has 0 aliphatic heterocycles. The maximum absolute atomic E-state index is 13.1. The van der Waals surface area contributed by atoms with E-state index in [1.807, 2.05) is 24.7 Å². The van der Waals surface area contributed by atoms with Crippen molar-refractivity contribution in [3.8, 4) is 0 Å². The Bertz CT molecular complexity index is 952. The molecule has 3 nitrogen and oxygen atoms in total. The molecule has 0 spiro atoms. The third kappa shape index (κ3) is 2.60. The minimum atomic E-state index is -0.203. The van der Waals surface area contributed by atoms with E-state index < -0.39 is 0 Å². The number of para-hydroxylation sites is 1. The number of hydrogen-bond donors (Lipinski definition) is 0. The normalized spacial score (nSPS) is 12.6. The minimum Gasteiger partial charge on any atom is -0.343 e. The van der Waals surface area contributed by atoms with Gasteiger partial charge in [-0.25, -0.2) is 9.37 Å². The van der Waals surface area contributed by atoms with Gasteiger partial charge in [0.15, 0.2) is 0 Å². The van der Waals surface area contributed by atoms with Gasteiger partial charge in [-0.2, -0.15) is 0 Å². The molecule has 120 valence electrons. The lowest BCUT2D eigenvalue weighted by Crippen LogP contribution is -2.04. The molecule has 4 rings (SSSR count). The molecule has 0 aliphatic rings. The van der Waals surface area contributed by atoms with E-state index in [1.54, 1.807) is 6.20 Å². The predicted octanol–water partition coefficient (Wildman–Crippen LogP) is 4.63. The summed E-state index contributed by atoms with van der Waals surface area (Å²) in [5.74, 6) is -0.203. The molecular weight excluding hydrogens is 301 g/mol. The van der Waals surface area contributed by atoms with E-state index in [2.05, 4.69) is 51.5 Å². The first-order chi connectivity index (χ1) is 11.7. The van der Waals surface area contributed by atoms with Crippen LogP contribution in [0.3, 0.4) is 0 Å². The first-order valence-corrected chi connectivity index (χ1v) is 8.02. The van der Waals surface area contributed by atoms with Gasteiger partial charge in [0.2, 0.25) is 0 Å². The summed E-state index contributed by atoms with van der Waals surface area (Å²) in [5, 5.41) is 1.24. The van der Waals surface area contributed by atoms with Crippen LogP contribution in [-0.2, 0) is 6.54 Å². The van der Waals surface area contributed by atoms with Crippen LogP contribution in [0.25, 0.3) is 10.9 Å². The van der Waals surface area contributed by atoms with E-state index in [9.17, 15) is 4.39 Å². The molecule has 24 heavy (non-hydrogen) atoms. The Labute approximate surface area is 140 Å². The highest BCUT2D eigenvalue weighted by molar-refractivity contribution is 5.84. The summed E-state index contributed by atoms with van der Waals surface area (Å²) < 4.78 is 17.5. The third-order valence-electron chi connectivity index (χ3n) is 4.51. The Hall–Kier alpha value is -2.88. The van der Waals surface area contributed by atoms with Crippen molar-refractivity contribution in [2.24, 2.45) is 0 Å². The molecule has 0 saturated carbocycles. The molecule has 4 heteroatoms. The van der Waals surface area contributed by atoms with Crippen LogP contribution in [0.15, 0.2) is 73.4 Å². The Balaban J connectivity index is 1.77. The summed E-state index contributed by atoms with van der Waals surface area (Å²) in [6.07, 6.45) is 7.82. The first kappa shape index (κ1) is 14.7. The molecule has 0 saturated heterocycles. The molecule has 0 aliphatic carbocycles. The summed E-state index contributed by atoms with van der Waals surface area (Å²) in [7, 11) is 0. The second-order valence-corrected chi connectivity index (χ2v) is 6.04. The fourth-order valence-electron chi connectivity index (χ4n) is 3.18. The third-order valence-corrected chi connectivity index (χ3v) is 4.51. The maximum Gasteiger partial charge on any atom is 0.123 e. The summed E-state index contributed by atoms with van der Waals surface area (Å²) in [5.41, 5.74) is 3.52. The fraction of sp³-hybridized carbons (Fsp3) is 0.150. The van der Waals surface area contributed by atoms with E-state index in [4.69, 9.17) is 0 Å². The molecule has 2 heterocycles. The lowest BCUT2D eigenvalue weighted by Gasteiger charge is -2.12. The van der Waals surface area contributed by atoms with Gasteiger partial charge in [0.1, 0.15) is 5.82 Å². The van der Waals surface area contributed by atoms with Crippen molar-refractivity contribution in [3.05, 3.63) is 90.4 Å². The van der Waals surface area contributed by atoms with Crippen LogP contribution in [0.4, 0.5) is 4.39 Å². The Morgan fingerprint density at radius 2 is 1.88 bits per heavy atom. The van der Waals surface area contributed by atoms with Gasteiger partial charge in [0, 0.05) is 41.6 Å². The Morgan fingerprint density at radius 3 is 2.62 bits per heavy atom. The summed E-state index contributed by atoms with van der Waals surface area (Å²) in [4.78, 5) is 4.15. The van der Waals surface area contributed by atoms with E-state index in [0.29, 0.717) is 0 Å². The van der Waals surface area contributed by atoms with Gasteiger partial charge < -0.3 is 9.13 Å².